The average Bonchev–Trinajstić information content (AvgIpc) is 2.29. The van der Waals surface area contributed by atoms with E-state index in [1.807, 2.05) is 6.92 Å². The highest BCUT2D eigenvalue weighted by Crippen LogP contribution is 2.28. The number of carbonyl (C=O) groups is 1. The molecule has 1 aliphatic rings. The van der Waals surface area contributed by atoms with Crippen LogP contribution in [0.15, 0.2) is 0 Å². The second-order valence-electron chi connectivity index (χ2n) is 4.71. The van der Waals surface area contributed by atoms with Gasteiger partial charge in [0.05, 0.1) is 6.61 Å². The first kappa shape index (κ1) is 13.5. The van der Waals surface area contributed by atoms with Crippen LogP contribution in [0, 0.1) is 5.41 Å². The van der Waals surface area contributed by atoms with Gasteiger partial charge >= 0.3 is 0 Å². The van der Waals surface area contributed by atoms with Crippen molar-refractivity contribution in [1.29, 1.82) is 0 Å². The molecule has 4 nitrogen and oxygen atoms in total. The van der Waals surface area contributed by atoms with E-state index in [4.69, 9.17) is 4.74 Å². The van der Waals surface area contributed by atoms with Gasteiger partial charge in [0.15, 0.2) is 0 Å². The van der Waals surface area contributed by atoms with Crippen LogP contribution < -0.4 is 10.6 Å². The van der Waals surface area contributed by atoms with E-state index in [9.17, 15) is 4.79 Å². The molecule has 1 aliphatic heterocycles. The molecule has 0 aromatic rings. The molecule has 0 atom stereocenters. The minimum Gasteiger partial charge on any atom is -0.384 e. The highest BCUT2D eigenvalue weighted by atomic mass is 16.5. The Kier molecular flexibility index (Phi) is 5.77. The van der Waals surface area contributed by atoms with Gasteiger partial charge in [-0.25, -0.2) is 0 Å². The van der Waals surface area contributed by atoms with Crippen LogP contribution in [0.4, 0.5) is 0 Å². The highest BCUT2D eigenvalue weighted by molar-refractivity contribution is 5.75. The van der Waals surface area contributed by atoms with Gasteiger partial charge in [-0.3, -0.25) is 4.79 Å². The van der Waals surface area contributed by atoms with Gasteiger partial charge in [0.2, 0.25) is 5.91 Å². The molecule has 1 rings (SSSR count). The zero-order valence-electron chi connectivity index (χ0n) is 10.5. The van der Waals surface area contributed by atoms with E-state index in [0.717, 1.165) is 45.5 Å². The fraction of sp³-hybridized carbons (Fsp3) is 0.917. The Hall–Kier alpha value is -0.610. The molecule has 0 aromatic heterocycles. The summed E-state index contributed by atoms with van der Waals surface area (Å²) in [5.74, 6) is 0.163. The lowest BCUT2D eigenvalue weighted by Gasteiger charge is -2.37. The lowest BCUT2D eigenvalue weighted by atomic mass is 9.79. The minimum absolute atomic E-state index is 0.142. The molecule has 0 aliphatic carbocycles. The number of hydrogen-bond acceptors (Lipinski definition) is 3. The molecule has 0 saturated carbocycles. The predicted molar refractivity (Wildman–Crippen MR) is 64.3 cm³/mol. The van der Waals surface area contributed by atoms with Gasteiger partial charge in [-0.15, -0.1) is 0 Å². The summed E-state index contributed by atoms with van der Waals surface area (Å²) in [5, 5.41) is 6.37. The van der Waals surface area contributed by atoms with E-state index >= 15 is 0 Å². The van der Waals surface area contributed by atoms with Gasteiger partial charge in [0, 0.05) is 25.5 Å². The van der Waals surface area contributed by atoms with Gasteiger partial charge in [0.25, 0.3) is 0 Å². The summed E-state index contributed by atoms with van der Waals surface area (Å²) >= 11 is 0. The smallest absolute Gasteiger partial charge is 0.220 e. The van der Waals surface area contributed by atoms with E-state index in [0.29, 0.717) is 6.42 Å². The van der Waals surface area contributed by atoms with E-state index in [-0.39, 0.29) is 11.3 Å². The van der Waals surface area contributed by atoms with Crippen LogP contribution in [0.3, 0.4) is 0 Å². The third-order valence-corrected chi connectivity index (χ3v) is 3.25. The summed E-state index contributed by atoms with van der Waals surface area (Å²) in [6.07, 6.45) is 3.69. The molecule has 4 heteroatoms. The fourth-order valence-electron chi connectivity index (χ4n) is 2.24. The zero-order valence-corrected chi connectivity index (χ0v) is 10.5. The van der Waals surface area contributed by atoms with Crippen LogP contribution >= 0.6 is 0 Å². The maximum Gasteiger partial charge on any atom is 0.220 e. The number of nitrogens with one attached hydrogen (secondary N) is 2. The van der Waals surface area contributed by atoms with E-state index < -0.39 is 0 Å². The Bertz CT molecular complexity index is 208. The maximum absolute atomic E-state index is 11.5. The first-order valence-electron chi connectivity index (χ1n) is 6.19. The topological polar surface area (TPSA) is 50.4 Å². The number of amides is 1. The second kappa shape index (κ2) is 6.86. The lowest BCUT2D eigenvalue weighted by molar-refractivity contribution is -0.122. The molecule has 16 heavy (non-hydrogen) atoms. The quantitative estimate of drug-likeness (QED) is 0.711. The zero-order chi connectivity index (χ0) is 11.9. The Balaban J connectivity index is 2.40. The number of ether oxygens (including phenoxy) is 1. The summed E-state index contributed by atoms with van der Waals surface area (Å²) in [7, 11) is 1.73. The van der Waals surface area contributed by atoms with Gasteiger partial charge in [0.1, 0.15) is 0 Å². The molecule has 1 heterocycles. The average molecular weight is 228 g/mol. The Labute approximate surface area is 98.1 Å². The number of hydrogen-bond donors (Lipinski definition) is 2. The summed E-state index contributed by atoms with van der Waals surface area (Å²) < 4.78 is 5.30. The molecule has 1 fully saturated rings. The van der Waals surface area contributed by atoms with Crippen molar-refractivity contribution in [2.24, 2.45) is 5.41 Å². The molecule has 0 aromatic carbocycles. The van der Waals surface area contributed by atoms with Crippen molar-refractivity contribution < 1.29 is 9.53 Å². The first-order chi connectivity index (χ1) is 7.72. The molecular formula is C12H24N2O2. The molecular weight excluding hydrogens is 204 g/mol. The number of rotatable bonds is 6. The van der Waals surface area contributed by atoms with Crippen molar-refractivity contribution in [3.05, 3.63) is 0 Å². The monoisotopic (exact) mass is 228 g/mol. The summed E-state index contributed by atoms with van der Waals surface area (Å²) in [4.78, 5) is 11.5. The van der Waals surface area contributed by atoms with E-state index in [1.165, 1.54) is 0 Å². The van der Waals surface area contributed by atoms with Crippen molar-refractivity contribution in [2.75, 3.05) is 33.4 Å². The summed E-state index contributed by atoms with van der Waals surface area (Å²) in [5.41, 5.74) is 0.142. The highest BCUT2D eigenvalue weighted by Gasteiger charge is 2.32. The van der Waals surface area contributed by atoms with Crippen LogP contribution in [0.2, 0.25) is 0 Å². The second-order valence-corrected chi connectivity index (χ2v) is 4.71. The van der Waals surface area contributed by atoms with E-state index in [1.54, 1.807) is 7.11 Å². The lowest BCUT2D eigenvalue weighted by Crippen LogP contribution is -2.47. The predicted octanol–water partition coefficient (Wildman–Crippen LogP) is 0.919. The first-order valence-corrected chi connectivity index (χ1v) is 6.19. The Morgan fingerprint density at radius 3 is 2.69 bits per heavy atom. The molecule has 1 saturated heterocycles. The maximum atomic E-state index is 11.5. The van der Waals surface area contributed by atoms with Crippen LogP contribution in [0.25, 0.3) is 0 Å². The number of piperidine rings is 1. The standard InChI is InChI=1S/C12H24N2O2/c1-3-4-11(15)14-9-12(10-16-2)5-7-13-8-6-12/h13H,3-10H2,1-2H3,(H,14,15). The SMILES string of the molecule is CCCC(=O)NCC1(COC)CCNCC1. The van der Waals surface area contributed by atoms with Crippen molar-refractivity contribution >= 4 is 5.91 Å². The van der Waals surface area contributed by atoms with E-state index in [2.05, 4.69) is 10.6 Å². The van der Waals surface area contributed by atoms with Gasteiger partial charge < -0.3 is 15.4 Å². The number of carbonyl (C=O) groups excluding carboxylic acids is 1. The minimum atomic E-state index is 0.142. The molecule has 0 spiro atoms. The number of methoxy groups -OCH3 is 1. The molecule has 2 N–H and O–H groups in total. The molecule has 0 unspecified atom stereocenters. The molecule has 0 bridgehead atoms. The van der Waals surface area contributed by atoms with Crippen molar-refractivity contribution in [3.63, 3.8) is 0 Å². The molecule has 1 amide bonds. The Morgan fingerprint density at radius 1 is 1.44 bits per heavy atom. The van der Waals surface area contributed by atoms with Crippen LogP contribution in [-0.2, 0) is 9.53 Å². The van der Waals surface area contributed by atoms with Crippen LogP contribution in [-0.4, -0.2) is 39.3 Å². The van der Waals surface area contributed by atoms with Gasteiger partial charge in [-0.2, -0.15) is 0 Å². The molecule has 94 valence electrons. The summed E-state index contributed by atoms with van der Waals surface area (Å²) in [6.45, 7) is 5.55. The third kappa shape index (κ3) is 4.10. The van der Waals surface area contributed by atoms with Crippen molar-refractivity contribution in [1.82, 2.24) is 10.6 Å². The van der Waals surface area contributed by atoms with Gasteiger partial charge in [-0.1, -0.05) is 6.92 Å². The third-order valence-electron chi connectivity index (χ3n) is 3.25. The largest absolute Gasteiger partial charge is 0.384 e. The normalized spacial score (nSPS) is 19.4. The Morgan fingerprint density at radius 2 is 2.12 bits per heavy atom. The molecule has 0 radical (unpaired) electrons. The van der Waals surface area contributed by atoms with Crippen LogP contribution in [0.5, 0.6) is 0 Å². The van der Waals surface area contributed by atoms with Crippen molar-refractivity contribution in [2.45, 2.75) is 32.6 Å². The fourth-order valence-corrected chi connectivity index (χ4v) is 2.24. The van der Waals surface area contributed by atoms with Gasteiger partial charge in [-0.05, 0) is 32.4 Å². The summed E-state index contributed by atoms with van der Waals surface area (Å²) in [6, 6.07) is 0. The van der Waals surface area contributed by atoms with Crippen LogP contribution in [0.1, 0.15) is 32.6 Å². The van der Waals surface area contributed by atoms with Crippen molar-refractivity contribution in [3.8, 4) is 0 Å².